The summed E-state index contributed by atoms with van der Waals surface area (Å²) in [5, 5.41) is 32.9. The number of nitro benzene ring substituents is 2. The van der Waals surface area contributed by atoms with E-state index in [2.05, 4.69) is 4.98 Å². The maximum Gasteiger partial charge on any atom is 0.301 e. The van der Waals surface area contributed by atoms with Crippen molar-refractivity contribution in [1.82, 2.24) is 4.98 Å². The number of benzene rings is 2. The molecule has 1 aliphatic rings. The van der Waals surface area contributed by atoms with Gasteiger partial charge in [0.1, 0.15) is 11.6 Å². The Morgan fingerprint density at radius 3 is 1.97 bits per heavy atom. The molecule has 0 spiro atoms. The Labute approximate surface area is 185 Å². The summed E-state index contributed by atoms with van der Waals surface area (Å²) in [5.74, 6) is -2.32. The number of Topliss-reactive ketones (excluding diaryl/α,β-unsaturated/α-hetero) is 1. The Morgan fingerprint density at radius 1 is 0.879 bits per heavy atom. The smallest absolute Gasteiger partial charge is 0.301 e. The quantitative estimate of drug-likeness (QED) is 0.205. The Kier molecular flexibility index (Phi) is 5.36. The first-order valence-electron chi connectivity index (χ1n) is 9.51. The molecule has 33 heavy (non-hydrogen) atoms. The van der Waals surface area contributed by atoms with E-state index in [1.807, 2.05) is 0 Å². The lowest BCUT2D eigenvalue weighted by atomic mass is 9.95. The molecule has 11 heteroatoms. The molecule has 0 saturated carbocycles. The van der Waals surface area contributed by atoms with Crippen molar-refractivity contribution in [2.24, 2.45) is 0 Å². The molecule has 0 radical (unpaired) electrons. The number of non-ortho nitro benzene ring substituents is 2. The molecule has 0 aliphatic carbocycles. The lowest BCUT2D eigenvalue weighted by Crippen LogP contribution is -2.30. The molecule has 2 aromatic carbocycles. The van der Waals surface area contributed by atoms with Gasteiger partial charge in [-0.3, -0.25) is 34.7 Å². The Hall–Kier alpha value is -4.93. The van der Waals surface area contributed by atoms with Crippen LogP contribution in [0.3, 0.4) is 0 Å². The fourth-order valence-electron chi connectivity index (χ4n) is 3.56. The van der Waals surface area contributed by atoms with Crippen molar-refractivity contribution in [3.63, 3.8) is 0 Å². The van der Waals surface area contributed by atoms with E-state index < -0.39 is 33.3 Å². The minimum atomic E-state index is -1.13. The third-order valence-corrected chi connectivity index (χ3v) is 5.11. The van der Waals surface area contributed by atoms with Gasteiger partial charge in [-0.1, -0.05) is 6.07 Å². The van der Waals surface area contributed by atoms with Crippen LogP contribution in [0.15, 0.2) is 78.5 Å². The topological polar surface area (TPSA) is 157 Å². The number of anilines is 1. The summed E-state index contributed by atoms with van der Waals surface area (Å²) in [6, 6.07) is 13.7. The van der Waals surface area contributed by atoms with E-state index in [1.165, 1.54) is 48.7 Å². The maximum absolute atomic E-state index is 13.0. The molecule has 3 aromatic rings. The van der Waals surface area contributed by atoms with E-state index in [-0.39, 0.29) is 28.3 Å². The second kappa shape index (κ2) is 8.30. The molecule has 1 aliphatic heterocycles. The minimum Gasteiger partial charge on any atom is -0.507 e. The summed E-state index contributed by atoms with van der Waals surface area (Å²) in [5.41, 5.74) is -0.259. The van der Waals surface area contributed by atoms with Gasteiger partial charge in [-0.25, -0.2) is 4.98 Å². The number of aliphatic hydroxyl groups excluding tert-OH is 1. The highest BCUT2D eigenvalue weighted by molar-refractivity contribution is 6.51. The lowest BCUT2D eigenvalue weighted by Gasteiger charge is -2.24. The van der Waals surface area contributed by atoms with E-state index in [9.17, 15) is 34.9 Å². The molecule has 1 N–H and O–H groups in total. The number of amides is 1. The van der Waals surface area contributed by atoms with Crippen LogP contribution in [-0.2, 0) is 9.59 Å². The number of rotatable bonds is 5. The average molecular weight is 446 g/mol. The molecule has 0 unspecified atom stereocenters. The van der Waals surface area contributed by atoms with Crippen LogP contribution in [0.4, 0.5) is 17.2 Å². The molecular weight excluding hydrogens is 432 g/mol. The fourth-order valence-corrected chi connectivity index (χ4v) is 3.56. The number of pyridine rings is 1. The minimum absolute atomic E-state index is 0.0894. The molecule has 1 saturated heterocycles. The van der Waals surface area contributed by atoms with Crippen molar-refractivity contribution < 1.29 is 24.5 Å². The average Bonchev–Trinajstić information content (AvgIpc) is 3.09. The predicted molar refractivity (Wildman–Crippen MR) is 115 cm³/mol. The van der Waals surface area contributed by atoms with Gasteiger partial charge in [0, 0.05) is 36.0 Å². The Bertz CT molecular complexity index is 1300. The summed E-state index contributed by atoms with van der Waals surface area (Å²) in [7, 11) is 0. The van der Waals surface area contributed by atoms with Gasteiger partial charge in [-0.2, -0.15) is 0 Å². The van der Waals surface area contributed by atoms with Crippen molar-refractivity contribution in [2.45, 2.75) is 6.04 Å². The van der Waals surface area contributed by atoms with Gasteiger partial charge in [0.25, 0.3) is 17.2 Å². The number of aliphatic hydroxyl groups is 1. The largest absolute Gasteiger partial charge is 0.507 e. The number of hydrogen-bond donors (Lipinski definition) is 1. The second-order valence-corrected chi connectivity index (χ2v) is 7.01. The molecule has 1 fully saturated rings. The molecule has 164 valence electrons. The molecule has 4 rings (SSSR count). The zero-order valence-electron chi connectivity index (χ0n) is 16.7. The zero-order chi connectivity index (χ0) is 23.7. The van der Waals surface area contributed by atoms with E-state index in [0.717, 1.165) is 17.0 Å². The van der Waals surface area contributed by atoms with E-state index >= 15 is 0 Å². The Balaban J connectivity index is 1.90. The highest BCUT2D eigenvalue weighted by Crippen LogP contribution is 2.41. The molecule has 1 aromatic heterocycles. The van der Waals surface area contributed by atoms with Crippen molar-refractivity contribution >= 4 is 34.6 Å². The third kappa shape index (κ3) is 3.78. The summed E-state index contributed by atoms with van der Waals surface area (Å²) in [4.78, 5) is 51.9. The number of hydrogen-bond acceptors (Lipinski definition) is 8. The summed E-state index contributed by atoms with van der Waals surface area (Å²) >= 11 is 0. The van der Waals surface area contributed by atoms with Gasteiger partial charge >= 0.3 is 5.91 Å². The second-order valence-electron chi connectivity index (χ2n) is 7.01. The van der Waals surface area contributed by atoms with Crippen LogP contribution in [0, 0.1) is 20.2 Å². The van der Waals surface area contributed by atoms with Gasteiger partial charge in [-0.05, 0) is 42.0 Å². The summed E-state index contributed by atoms with van der Waals surface area (Å²) in [6.07, 6.45) is 1.43. The van der Waals surface area contributed by atoms with Gasteiger partial charge < -0.3 is 5.11 Å². The Morgan fingerprint density at radius 2 is 1.45 bits per heavy atom. The molecular formula is C22H14N4O7. The predicted octanol–water partition coefficient (Wildman–Crippen LogP) is 3.52. The van der Waals surface area contributed by atoms with Crippen LogP contribution in [0.25, 0.3) is 5.76 Å². The van der Waals surface area contributed by atoms with Gasteiger partial charge in [-0.15, -0.1) is 0 Å². The number of nitrogens with zero attached hydrogens (tertiary/aromatic N) is 4. The highest BCUT2D eigenvalue weighted by atomic mass is 16.6. The number of nitro groups is 2. The normalized spacial score (nSPS) is 17.2. The number of carbonyl (C=O) groups excluding carboxylic acids is 2. The van der Waals surface area contributed by atoms with Crippen molar-refractivity contribution in [3.05, 3.63) is 110 Å². The first kappa shape index (κ1) is 21.3. The SMILES string of the molecule is O=C1C(=O)N(c2ccccn2)[C@H](c2ccc([N+](=O)[O-])cc2)C1=C(O)c1ccc([N+](=O)[O-])cc1. The lowest BCUT2D eigenvalue weighted by molar-refractivity contribution is -0.385. The van der Waals surface area contributed by atoms with Crippen LogP contribution < -0.4 is 4.90 Å². The van der Waals surface area contributed by atoms with Gasteiger partial charge in [0.15, 0.2) is 0 Å². The van der Waals surface area contributed by atoms with Gasteiger partial charge in [0.2, 0.25) is 0 Å². The molecule has 11 nitrogen and oxygen atoms in total. The van der Waals surface area contributed by atoms with Crippen molar-refractivity contribution in [2.75, 3.05) is 4.90 Å². The van der Waals surface area contributed by atoms with E-state index in [1.54, 1.807) is 12.1 Å². The van der Waals surface area contributed by atoms with Crippen LogP contribution in [0.5, 0.6) is 0 Å². The summed E-state index contributed by atoms with van der Waals surface area (Å²) < 4.78 is 0. The maximum atomic E-state index is 13.0. The standard InChI is InChI=1S/C22H14N4O7/c27-20(14-6-10-16(11-7-14)26(32)33)18-19(13-4-8-15(9-5-13)25(30)31)24(22(29)21(18)28)17-3-1-2-12-23-17/h1-12,19,27H/t19-/m1/s1. The zero-order valence-corrected chi connectivity index (χ0v) is 16.7. The molecule has 2 heterocycles. The van der Waals surface area contributed by atoms with Gasteiger partial charge in [0.05, 0.1) is 21.5 Å². The van der Waals surface area contributed by atoms with Crippen molar-refractivity contribution in [3.8, 4) is 0 Å². The van der Waals surface area contributed by atoms with Crippen LogP contribution in [0.2, 0.25) is 0 Å². The fraction of sp³-hybridized carbons (Fsp3) is 0.0455. The number of aromatic nitrogens is 1. The monoisotopic (exact) mass is 446 g/mol. The van der Waals surface area contributed by atoms with Crippen LogP contribution >= 0.6 is 0 Å². The highest BCUT2D eigenvalue weighted by Gasteiger charge is 2.47. The molecule has 1 atom stereocenters. The van der Waals surface area contributed by atoms with Crippen LogP contribution in [-0.4, -0.2) is 31.6 Å². The van der Waals surface area contributed by atoms with Crippen LogP contribution in [0.1, 0.15) is 17.2 Å². The molecule has 1 amide bonds. The third-order valence-electron chi connectivity index (χ3n) is 5.11. The first-order chi connectivity index (χ1) is 15.8. The number of ketones is 1. The van der Waals surface area contributed by atoms with E-state index in [4.69, 9.17) is 0 Å². The molecule has 0 bridgehead atoms. The summed E-state index contributed by atoms with van der Waals surface area (Å²) in [6.45, 7) is 0. The van der Waals surface area contributed by atoms with Crippen molar-refractivity contribution in [1.29, 1.82) is 0 Å². The van der Waals surface area contributed by atoms with E-state index in [0.29, 0.717) is 5.56 Å². The number of carbonyl (C=O) groups is 2. The first-order valence-corrected chi connectivity index (χ1v) is 9.51.